The van der Waals surface area contributed by atoms with Gasteiger partial charge in [-0.25, -0.2) is 14.5 Å². The number of imide groups is 1. The number of allylic oxidation sites excluding steroid dienone is 1. The van der Waals surface area contributed by atoms with Crippen LogP contribution >= 0.6 is 0 Å². The Labute approximate surface area is 108 Å². The van der Waals surface area contributed by atoms with Gasteiger partial charge in [-0.1, -0.05) is 53.2 Å². The van der Waals surface area contributed by atoms with Crippen LogP contribution in [0.1, 0.15) is 41.5 Å². The summed E-state index contributed by atoms with van der Waals surface area (Å²) in [5.41, 5.74) is 0.754. The van der Waals surface area contributed by atoms with Crippen molar-refractivity contribution in [3.8, 4) is 0 Å². The van der Waals surface area contributed by atoms with Crippen molar-refractivity contribution in [3.63, 3.8) is 0 Å². The fraction of sp³-hybridized carbons (Fsp3) is 0.692. The van der Waals surface area contributed by atoms with Gasteiger partial charge in [-0.3, -0.25) is 0 Å². The molecule has 104 valence electrons. The molecule has 0 saturated heterocycles. The molecule has 0 heterocycles. The summed E-state index contributed by atoms with van der Waals surface area (Å²) >= 11 is 0. The van der Waals surface area contributed by atoms with Gasteiger partial charge >= 0.3 is 12.2 Å². The molecule has 0 bridgehead atoms. The number of nitrogens with zero attached hydrogens (tertiary/aromatic N) is 1. The Bertz CT molecular complexity index is 328. The van der Waals surface area contributed by atoms with Gasteiger partial charge in [-0.05, 0) is 10.8 Å². The topological polar surface area (TPSA) is 77.8 Å². The third-order valence-electron chi connectivity index (χ3n) is 2.56. The number of rotatable bonds is 2. The Morgan fingerprint density at radius 1 is 0.944 bits per heavy atom. The lowest BCUT2D eigenvalue weighted by Crippen LogP contribution is -2.35. The van der Waals surface area contributed by atoms with Gasteiger partial charge in [0.2, 0.25) is 0 Å². The number of carbonyl (C=O) groups is 2. The molecule has 0 radical (unpaired) electrons. The first-order valence-corrected chi connectivity index (χ1v) is 5.82. The van der Waals surface area contributed by atoms with Crippen molar-refractivity contribution in [1.29, 1.82) is 0 Å². The zero-order valence-corrected chi connectivity index (χ0v) is 11.9. The molecule has 0 spiro atoms. The Morgan fingerprint density at radius 2 is 1.28 bits per heavy atom. The summed E-state index contributed by atoms with van der Waals surface area (Å²) < 4.78 is 0. The van der Waals surface area contributed by atoms with Crippen molar-refractivity contribution in [3.05, 3.63) is 11.6 Å². The summed E-state index contributed by atoms with van der Waals surface area (Å²) in [7, 11) is 0. The van der Waals surface area contributed by atoms with E-state index < -0.39 is 12.2 Å². The molecule has 0 fully saturated rings. The van der Waals surface area contributed by atoms with Gasteiger partial charge in [0, 0.05) is 0 Å². The van der Waals surface area contributed by atoms with Crippen LogP contribution in [0, 0.1) is 10.8 Å². The van der Waals surface area contributed by atoms with E-state index in [0.717, 1.165) is 5.57 Å². The number of carboxylic acid groups (broad SMARTS) is 2. The molecule has 0 aromatic heterocycles. The van der Waals surface area contributed by atoms with Crippen molar-refractivity contribution >= 4 is 12.2 Å². The largest absolute Gasteiger partial charge is 0.465 e. The third kappa shape index (κ3) is 4.77. The minimum atomic E-state index is -1.46. The van der Waals surface area contributed by atoms with E-state index in [1.807, 2.05) is 41.5 Å². The molecular formula is C13H23NO4. The fourth-order valence-corrected chi connectivity index (χ4v) is 2.16. The molecule has 0 aromatic carbocycles. The maximum atomic E-state index is 10.8. The van der Waals surface area contributed by atoms with E-state index in [-0.39, 0.29) is 17.4 Å². The van der Waals surface area contributed by atoms with Crippen LogP contribution in [0.25, 0.3) is 0 Å². The van der Waals surface area contributed by atoms with E-state index in [4.69, 9.17) is 10.2 Å². The minimum Gasteiger partial charge on any atom is -0.465 e. The lowest BCUT2D eigenvalue weighted by molar-refractivity contribution is 0.127. The molecular weight excluding hydrogens is 234 g/mol. The molecule has 0 unspecified atom stereocenters. The second-order valence-corrected chi connectivity index (χ2v) is 6.29. The highest BCUT2D eigenvalue weighted by atomic mass is 16.4. The molecule has 0 aromatic rings. The second kappa shape index (κ2) is 5.42. The second-order valence-electron chi connectivity index (χ2n) is 6.29. The van der Waals surface area contributed by atoms with Crippen LogP contribution in [0.4, 0.5) is 9.59 Å². The Hall–Kier alpha value is -1.52. The van der Waals surface area contributed by atoms with Crippen LogP contribution in [0.5, 0.6) is 0 Å². The first-order valence-electron chi connectivity index (χ1n) is 5.82. The van der Waals surface area contributed by atoms with E-state index in [2.05, 4.69) is 0 Å². The summed E-state index contributed by atoms with van der Waals surface area (Å²) in [6.07, 6.45) is -1.22. The molecule has 18 heavy (non-hydrogen) atoms. The van der Waals surface area contributed by atoms with Crippen LogP contribution in [0.2, 0.25) is 0 Å². The predicted molar refractivity (Wildman–Crippen MR) is 69.7 cm³/mol. The normalized spacial score (nSPS) is 11.9. The van der Waals surface area contributed by atoms with Crippen LogP contribution in [0.3, 0.4) is 0 Å². The molecule has 0 aliphatic carbocycles. The number of hydrogen-bond donors (Lipinski definition) is 2. The molecule has 2 N–H and O–H groups in total. The number of hydrogen-bond acceptors (Lipinski definition) is 2. The standard InChI is InChI=1S/C13H23NO4/c1-12(2,3)9(13(4,5)6)7-8-14(10(15)16)11(17)18/h7H,8H2,1-6H3,(H,15,16)(H,17,18). The van der Waals surface area contributed by atoms with E-state index >= 15 is 0 Å². The van der Waals surface area contributed by atoms with Crippen LogP contribution in [0.15, 0.2) is 11.6 Å². The summed E-state index contributed by atoms with van der Waals surface area (Å²) in [6.45, 7) is 12.0. The quantitative estimate of drug-likeness (QED) is 0.740. The summed E-state index contributed by atoms with van der Waals surface area (Å²) in [6, 6.07) is 0. The number of amides is 2. The van der Waals surface area contributed by atoms with E-state index in [1.165, 1.54) is 0 Å². The van der Waals surface area contributed by atoms with Gasteiger partial charge in [0.25, 0.3) is 0 Å². The lowest BCUT2D eigenvalue weighted by Gasteiger charge is -2.34. The van der Waals surface area contributed by atoms with Gasteiger partial charge in [0.05, 0.1) is 6.54 Å². The first kappa shape index (κ1) is 16.5. The average Bonchev–Trinajstić information content (AvgIpc) is 2.06. The summed E-state index contributed by atoms with van der Waals surface area (Å²) in [5, 5.41) is 17.6. The molecule has 5 nitrogen and oxygen atoms in total. The van der Waals surface area contributed by atoms with Crippen molar-refractivity contribution in [1.82, 2.24) is 4.90 Å². The molecule has 5 heteroatoms. The highest BCUT2D eigenvalue weighted by Gasteiger charge is 2.28. The Kier molecular flexibility index (Phi) is 4.96. The third-order valence-corrected chi connectivity index (χ3v) is 2.56. The summed E-state index contributed by atoms with van der Waals surface area (Å²) in [4.78, 5) is 21.9. The van der Waals surface area contributed by atoms with Crippen molar-refractivity contribution in [2.45, 2.75) is 41.5 Å². The van der Waals surface area contributed by atoms with Gasteiger partial charge in [-0.2, -0.15) is 0 Å². The van der Waals surface area contributed by atoms with Crippen molar-refractivity contribution in [2.75, 3.05) is 6.54 Å². The molecule has 0 saturated carbocycles. The van der Waals surface area contributed by atoms with E-state index in [1.54, 1.807) is 6.08 Å². The zero-order valence-electron chi connectivity index (χ0n) is 11.9. The Balaban J connectivity index is 5.23. The van der Waals surface area contributed by atoms with Crippen molar-refractivity contribution < 1.29 is 19.8 Å². The van der Waals surface area contributed by atoms with Gasteiger partial charge < -0.3 is 10.2 Å². The Morgan fingerprint density at radius 3 is 1.50 bits per heavy atom. The van der Waals surface area contributed by atoms with Crippen molar-refractivity contribution in [2.24, 2.45) is 10.8 Å². The maximum Gasteiger partial charge on any atom is 0.417 e. The lowest BCUT2D eigenvalue weighted by atomic mass is 9.72. The molecule has 2 amide bonds. The van der Waals surface area contributed by atoms with Gasteiger partial charge in [-0.15, -0.1) is 0 Å². The van der Waals surface area contributed by atoms with E-state index in [9.17, 15) is 9.59 Å². The molecule has 0 atom stereocenters. The molecule has 0 aliphatic heterocycles. The minimum absolute atomic E-state index is 0.138. The fourth-order valence-electron chi connectivity index (χ4n) is 2.16. The highest BCUT2D eigenvalue weighted by Crippen LogP contribution is 2.38. The first-order chi connectivity index (χ1) is 7.87. The molecule has 0 rings (SSSR count). The monoisotopic (exact) mass is 257 g/mol. The van der Waals surface area contributed by atoms with Crippen LogP contribution in [-0.2, 0) is 0 Å². The average molecular weight is 257 g/mol. The smallest absolute Gasteiger partial charge is 0.417 e. The SMILES string of the molecule is CC(C)(C)C(=CCN(C(=O)O)C(=O)O)C(C)(C)C. The highest BCUT2D eigenvalue weighted by molar-refractivity contribution is 5.85. The van der Waals surface area contributed by atoms with Gasteiger partial charge in [0.1, 0.15) is 0 Å². The van der Waals surface area contributed by atoms with Crippen LogP contribution < -0.4 is 0 Å². The van der Waals surface area contributed by atoms with E-state index in [0.29, 0.717) is 4.90 Å². The predicted octanol–water partition coefficient (Wildman–Crippen LogP) is 3.66. The van der Waals surface area contributed by atoms with Crippen LogP contribution in [-0.4, -0.2) is 33.8 Å². The summed E-state index contributed by atoms with van der Waals surface area (Å²) in [5.74, 6) is 0. The molecule has 0 aliphatic rings. The zero-order chi connectivity index (χ0) is 14.7. The maximum absolute atomic E-state index is 10.8. The van der Waals surface area contributed by atoms with Gasteiger partial charge in [0.15, 0.2) is 0 Å².